The Balaban J connectivity index is 1.41. The maximum Gasteiger partial charge on any atom is 0.122 e. The number of hydrogen-bond acceptors (Lipinski definition) is 4. The molecule has 0 spiro atoms. The number of aryl methyl sites for hydroxylation is 1. The van der Waals surface area contributed by atoms with E-state index in [1.54, 1.807) is 6.07 Å². The molecule has 2 aliphatic heterocycles. The molecule has 2 aromatic rings. The zero-order valence-electron chi connectivity index (χ0n) is 16.7. The van der Waals surface area contributed by atoms with Crippen molar-refractivity contribution in [3.8, 4) is 5.75 Å². The molecule has 2 heterocycles. The van der Waals surface area contributed by atoms with Crippen molar-refractivity contribution < 1.29 is 9.84 Å². The van der Waals surface area contributed by atoms with Gasteiger partial charge in [-0.25, -0.2) is 0 Å². The van der Waals surface area contributed by atoms with Crippen LogP contribution in [-0.2, 0) is 17.7 Å². The molecule has 1 saturated heterocycles. The van der Waals surface area contributed by atoms with E-state index in [4.69, 9.17) is 33.7 Å². The Kier molecular flexibility index (Phi) is 6.38. The first kappa shape index (κ1) is 21.0. The summed E-state index contributed by atoms with van der Waals surface area (Å²) < 4.78 is 6.39. The lowest BCUT2D eigenvalue weighted by Gasteiger charge is -2.40. The molecule has 29 heavy (non-hydrogen) atoms. The minimum atomic E-state index is -0.138. The van der Waals surface area contributed by atoms with Crippen LogP contribution in [0, 0.1) is 12.8 Å². The summed E-state index contributed by atoms with van der Waals surface area (Å²) >= 11 is 12.3. The van der Waals surface area contributed by atoms with Gasteiger partial charge in [-0.1, -0.05) is 41.4 Å². The van der Waals surface area contributed by atoms with Crippen molar-refractivity contribution in [1.82, 2.24) is 4.90 Å². The lowest BCUT2D eigenvalue weighted by atomic mass is 9.83. The molecule has 1 fully saturated rings. The number of likely N-dealkylation sites (tertiary alicyclic amines) is 1. The molecule has 0 saturated carbocycles. The van der Waals surface area contributed by atoms with Crippen LogP contribution in [0.2, 0.25) is 10.0 Å². The molecule has 4 rings (SSSR count). The van der Waals surface area contributed by atoms with Gasteiger partial charge in [-0.15, -0.1) is 0 Å². The number of ether oxygens (including phenoxy) is 1. The minimum Gasteiger partial charge on any atom is -0.507 e. The molecule has 4 nitrogen and oxygen atoms in total. The molecule has 6 heteroatoms. The summed E-state index contributed by atoms with van der Waals surface area (Å²) in [5.74, 6) is 0.873. The van der Waals surface area contributed by atoms with Gasteiger partial charge in [0, 0.05) is 35.1 Å². The summed E-state index contributed by atoms with van der Waals surface area (Å²) in [6.07, 6.45) is 2.85. The summed E-state index contributed by atoms with van der Waals surface area (Å²) in [6, 6.07) is 9.70. The summed E-state index contributed by atoms with van der Waals surface area (Å²) in [5.41, 5.74) is 10.1. The van der Waals surface area contributed by atoms with Crippen LogP contribution >= 0.6 is 23.2 Å². The van der Waals surface area contributed by atoms with Crippen molar-refractivity contribution in [3.05, 3.63) is 62.6 Å². The maximum absolute atomic E-state index is 10.6. The maximum atomic E-state index is 10.6. The van der Waals surface area contributed by atoms with E-state index in [1.807, 2.05) is 25.1 Å². The van der Waals surface area contributed by atoms with Crippen LogP contribution in [0.1, 0.15) is 41.2 Å². The molecule has 2 aromatic carbocycles. The second-order valence-corrected chi connectivity index (χ2v) is 9.09. The Labute approximate surface area is 182 Å². The number of hydrogen-bond donors (Lipinski definition) is 2. The first-order valence-electron chi connectivity index (χ1n) is 10.3. The number of halogens is 2. The molecule has 0 unspecified atom stereocenters. The van der Waals surface area contributed by atoms with Gasteiger partial charge in [0.15, 0.2) is 0 Å². The van der Waals surface area contributed by atoms with E-state index in [0.717, 1.165) is 66.2 Å². The molecular weight excluding hydrogens is 407 g/mol. The van der Waals surface area contributed by atoms with E-state index in [1.165, 1.54) is 0 Å². The number of rotatable bonds is 4. The fourth-order valence-corrected chi connectivity index (χ4v) is 5.12. The quantitative estimate of drug-likeness (QED) is 0.720. The first-order valence-corrected chi connectivity index (χ1v) is 11.0. The van der Waals surface area contributed by atoms with Gasteiger partial charge in [-0.3, -0.25) is 4.90 Å². The second-order valence-electron chi connectivity index (χ2n) is 8.25. The molecule has 0 amide bonds. The highest BCUT2D eigenvalue weighted by molar-refractivity contribution is 6.35. The highest BCUT2D eigenvalue weighted by Crippen LogP contribution is 2.40. The van der Waals surface area contributed by atoms with Gasteiger partial charge in [-0.05, 0) is 67.6 Å². The smallest absolute Gasteiger partial charge is 0.122 e. The number of benzene rings is 2. The molecule has 2 aliphatic rings. The normalized spacial score (nSPS) is 23.2. The third-order valence-corrected chi connectivity index (χ3v) is 6.98. The number of phenolic OH excluding ortho intramolecular Hbond substituents is 1. The molecular formula is C23H28Cl2N2O2. The van der Waals surface area contributed by atoms with Crippen molar-refractivity contribution in [2.24, 2.45) is 11.7 Å². The molecule has 0 aliphatic carbocycles. The van der Waals surface area contributed by atoms with Gasteiger partial charge in [0.05, 0.1) is 12.2 Å². The molecule has 0 aromatic heterocycles. The number of phenols is 1. The van der Waals surface area contributed by atoms with Crippen LogP contribution in [0.4, 0.5) is 0 Å². The van der Waals surface area contributed by atoms with Crippen molar-refractivity contribution >= 4 is 23.2 Å². The van der Waals surface area contributed by atoms with Crippen LogP contribution in [0.5, 0.6) is 5.75 Å². The van der Waals surface area contributed by atoms with E-state index >= 15 is 0 Å². The molecule has 2 atom stereocenters. The lowest BCUT2D eigenvalue weighted by Crippen LogP contribution is -2.42. The van der Waals surface area contributed by atoms with E-state index in [2.05, 4.69) is 11.0 Å². The fraction of sp³-hybridized carbons (Fsp3) is 0.478. The lowest BCUT2D eigenvalue weighted by molar-refractivity contribution is -0.0651. The van der Waals surface area contributed by atoms with Crippen LogP contribution in [0.15, 0.2) is 30.3 Å². The van der Waals surface area contributed by atoms with Crippen LogP contribution < -0.4 is 5.73 Å². The predicted octanol–water partition coefficient (Wildman–Crippen LogP) is 4.86. The monoisotopic (exact) mass is 434 g/mol. The van der Waals surface area contributed by atoms with Crippen molar-refractivity contribution in [1.29, 1.82) is 0 Å². The van der Waals surface area contributed by atoms with E-state index in [0.29, 0.717) is 23.2 Å². The average Bonchev–Trinajstić information content (AvgIpc) is 2.72. The summed E-state index contributed by atoms with van der Waals surface area (Å²) in [4.78, 5) is 2.43. The summed E-state index contributed by atoms with van der Waals surface area (Å²) in [5, 5.41) is 12.0. The third-order valence-electron chi connectivity index (χ3n) is 6.39. The molecule has 0 radical (unpaired) electrons. The largest absolute Gasteiger partial charge is 0.507 e. The molecule has 0 bridgehead atoms. The Bertz CT molecular complexity index is 881. The Morgan fingerprint density at radius 3 is 2.62 bits per heavy atom. The van der Waals surface area contributed by atoms with Crippen molar-refractivity contribution in [2.45, 2.75) is 44.9 Å². The van der Waals surface area contributed by atoms with Crippen LogP contribution in [-0.4, -0.2) is 35.7 Å². The second kappa shape index (κ2) is 8.83. The van der Waals surface area contributed by atoms with Gasteiger partial charge in [0.2, 0.25) is 0 Å². The summed E-state index contributed by atoms with van der Waals surface area (Å²) in [7, 11) is 0. The number of fused-ring (bicyclic) bond motifs is 1. The van der Waals surface area contributed by atoms with Gasteiger partial charge in [-0.2, -0.15) is 0 Å². The molecule has 156 valence electrons. The van der Waals surface area contributed by atoms with E-state index < -0.39 is 0 Å². The number of nitrogens with two attached hydrogens (primary N) is 1. The minimum absolute atomic E-state index is 0.102. The van der Waals surface area contributed by atoms with Crippen LogP contribution in [0.3, 0.4) is 0 Å². The summed E-state index contributed by atoms with van der Waals surface area (Å²) in [6.45, 7) is 5.22. The highest BCUT2D eigenvalue weighted by Gasteiger charge is 2.35. The Morgan fingerprint density at radius 1 is 1.17 bits per heavy atom. The number of nitrogens with zero attached hydrogens (tertiary/aromatic N) is 1. The van der Waals surface area contributed by atoms with Gasteiger partial charge in [0.1, 0.15) is 5.75 Å². The van der Waals surface area contributed by atoms with E-state index in [-0.39, 0.29) is 12.2 Å². The van der Waals surface area contributed by atoms with Gasteiger partial charge in [0.25, 0.3) is 0 Å². The zero-order valence-corrected chi connectivity index (χ0v) is 18.2. The van der Waals surface area contributed by atoms with Crippen molar-refractivity contribution in [2.75, 3.05) is 19.6 Å². The number of aromatic hydroxyl groups is 1. The number of piperidine rings is 1. The SMILES string of the molecule is Cc1ccc2c(c1O)C[C@@H](C1CCN(Cc3ccc(Cl)cc3Cl)CC1)O[C@H]2CN. The molecule has 3 N–H and O–H groups in total. The zero-order chi connectivity index (χ0) is 20.5. The van der Waals surface area contributed by atoms with Crippen LogP contribution in [0.25, 0.3) is 0 Å². The third kappa shape index (κ3) is 4.42. The first-order chi connectivity index (χ1) is 14.0. The topological polar surface area (TPSA) is 58.7 Å². The van der Waals surface area contributed by atoms with Gasteiger partial charge < -0.3 is 15.6 Å². The predicted molar refractivity (Wildman–Crippen MR) is 118 cm³/mol. The Morgan fingerprint density at radius 2 is 1.93 bits per heavy atom. The van der Waals surface area contributed by atoms with Crippen molar-refractivity contribution in [3.63, 3.8) is 0 Å². The Hall–Kier alpha value is -1.30. The van der Waals surface area contributed by atoms with E-state index in [9.17, 15) is 5.11 Å². The average molecular weight is 435 g/mol. The standard InChI is InChI=1S/C23H28Cl2N2O2/c1-14-2-5-18-19(23(14)28)11-21(29-22(18)12-26)15-6-8-27(9-7-15)13-16-3-4-17(24)10-20(16)25/h2-5,10,15,21-22,28H,6-9,11-13,26H2,1H3/t21-,22-/m0/s1. The fourth-order valence-electron chi connectivity index (χ4n) is 4.65. The van der Waals surface area contributed by atoms with Gasteiger partial charge >= 0.3 is 0 Å². The highest BCUT2D eigenvalue weighted by atomic mass is 35.5.